The zero-order valence-electron chi connectivity index (χ0n) is 15.4. The molecule has 0 aliphatic carbocycles. The van der Waals surface area contributed by atoms with Crippen LogP contribution in [0.5, 0.6) is 0 Å². The zero-order valence-corrected chi connectivity index (χ0v) is 15.4. The number of rotatable bonds is 5. The molecule has 1 N–H and O–H groups in total. The molecule has 1 spiro atoms. The maximum Gasteiger partial charge on any atom is 0.230 e. The Labute approximate surface area is 158 Å². The number of piperidine rings is 1. The van der Waals surface area contributed by atoms with E-state index in [4.69, 9.17) is 9.52 Å². The van der Waals surface area contributed by atoms with Crippen LogP contribution in [0.3, 0.4) is 0 Å². The number of nitrogens with zero attached hydrogens (tertiary/aromatic N) is 2. The highest BCUT2D eigenvalue weighted by molar-refractivity contribution is 5.84. The average Bonchev–Trinajstić information content (AvgIpc) is 3.29. The van der Waals surface area contributed by atoms with Gasteiger partial charge >= 0.3 is 0 Å². The summed E-state index contributed by atoms with van der Waals surface area (Å²) >= 11 is 0. The van der Waals surface area contributed by atoms with Crippen LogP contribution in [0.15, 0.2) is 40.8 Å². The highest BCUT2D eigenvalue weighted by Gasteiger charge is 2.48. The van der Waals surface area contributed by atoms with Crippen LogP contribution in [0.2, 0.25) is 0 Å². The summed E-state index contributed by atoms with van der Waals surface area (Å²) in [5.41, 5.74) is 0.209. The number of benzene rings is 1. The lowest BCUT2D eigenvalue weighted by molar-refractivity contribution is -0.146. The van der Waals surface area contributed by atoms with E-state index in [1.54, 1.807) is 18.2 Å². The summed E-state index contributed by atoms with van der Waals surface area (Å²) in [6.07, 6.45) is 2.66. The number of amides is 1. The molecule has 1 unspecified atom stereocenters. The minimum Gasteiger partial charge on any atom is -0.462 e. The summed E-state index contributed by atoms with van der Waals surface area (Å²) in [5.74, 6) is 1.26. The quantitative estimate of drug-likeness (QED) is 0.877. The first-order valence-corrected chi connectivity index (χ1v) is 9.53. The van der Waals surface area contributed by atoms with Gasteiger partial charge in [-0.05, 0) is 44.0 Å². The Bertz CT molecular complexity index is 821. The number of aliphatic hydroxyl groups is 1. The highest BCUT2D eigenvalue weighted by atomic mass is 19.1. The predicted molar refractivity (Wildman–Crippen MR) is 98.0 cm³/mol. The van der Waals surface area contributed by atoms with Gasteiger partial charge in [-0.25, -0.2) is 4.39 Å². The van der Waals surface area contributed by atoms with Gasteiger partial charge in [0.2, 0.25) is 5.91 Å². The monoisotopic (exact) mass is 372 g/mol. The number of furan rings is 1. The normalized spacial score (nSPS) is 23.5. The SMILES string of the molecule is O=C1N(Cc2ccccc2F)CCCC12CCN(Cc1ccc(CO)o1)C2. The van der Waals surface area contributed by atoms with E-state index in [2.05, 4.69) is 4.90 Å². The van der Waals surface area contributed by atoms with Crippen molar-refractivity contribution < 1.29 is 18.7 Å². The lowest BCUT2D eigenvalue weighted by Crippen LogP contribution is -2.49. The van der Waals surface area contributed by atoms with E-state index in [9.17, 15) is 9.18 Å². The Morgan fingerprint density at radius 1 is 1.07 bits per heavy atom. The third kappa shape index (κ3) is 3.64. The number of carbonyl (C=O) groups excluding carboxylic acids is 1. The van der Waals surface area contributed by atoms with Crippen LogP contribution in [0.1, 0.15) is 36.3 Å². The van der Waals surface area contributed by atoms with Crippen LogP contribution in [-0.2, 0) is 24.5 Å². The van der Waals surface area contributed by atoms with E-state index in [-0.39, 0.29) is 23.7 Å². The number of aliphatic hydroxyl groups excluding tert-OH is 1. The molecule has 0 saturated carbocycles. The summed E-state index contributed by atoms with van der Waals surface area (Å²) in [6.45, 7) is 3.11. The molecule has 0 bridgehead atoms. The molecule has 1 aromatic carbocycles. The first-order valence-electron chi connectivity index (χ1n) is 9.53. The topological polar surface area (TPSA) is 56.9 Å². The molecular weight excluding hydrogens is 347 g/mol. The largest absolute Gasteiger partial charge is 0.462 e. The summed E-state index contributed by atoms with van der Waals surface area (Å²) < 4.78 is 19.6. The van der Waals surface area contributed by atoms with Crippen molar-refractivity contribution in [1.29, 1.82) is 0 Å². The molecule has 2 aliphatic heterocycles. The Morgan fingerprint density at radius 3 is 2.67 bits per heavy atom. The average molecular weight is 372 g/mol. The molecule has 3 heterocycles. The van der Waals surface area contributed by atoms with Gasteiger partial charge < -0.3 is 14.4 Å². The van der Waals surface area contributed by atoms with Crippen molar-refractivity contribution in [3.05, 3.63) is 59.3 Å². The van der Waals surface area contributed by atoms with Gasteiger partial charge in [0.05, 0.1) is 12.0 Å². The Kier molecular flexibility index (Phi) is 5.02. The van der Waals surface area contributed by atoms with Crippen LogP contribution < -0.4 is 0 Å². The fourth-order valence-corrected chi connectivity index (χ4v) is 4.42. The number of hydrogen-bond acceptors (Lipinski definition) is 4. The van der Waals surface area contributed by atoms with Crippen molar-refractivity contribution in [2.24, 2.45) is 5.41 Å². The molecule has 1 atom stereocenters. The molecule has 2 fully saturated rings. The second kappa shape index (κ2) is 7.44. The zero-order chi connectivity index (χ0) is 18.9. The van der Waals surface area contributed by atoms with E-state index >= 15 is 0 Å². The fourth-order valence-electron chi connectivity index (χ4n) is 4.42. The summed E-state index contributed by atoms with van der Waals surface area (Å²) in [5, 5.41) is 9.13. The van der Waals surface area contributed by atoms with Crippen molar-refractivity contribution in [1.82, 2.24) is 9.80 Å². The Hall–Kier alpha value is -2.18. The van der Waals surface area contributed by atoms with Gasteiger partial charge in [-0.2, -0.15) is 0 Å². The second-order valence-electron chi connectivity index (χ2n) is 7.69. The third-order valence-corrected chi connectivity index (χ3v) is 5.83. The van der Waals surface area contributed by atoms with E-state index < -0.39 is 0 Å². The van der Waals surface area contributed by atoms with E-state index in [0.717, 1.165) is 31.6 Å². The van der Waals surface area contributed by atoms with Crippen LogP contribution in [-0.4, -0.2) is 40.4 Å². The van der Waals surface area contributed by atoms with Crippen LogP contribution in [0.25, 0.3) is 0 Å². The first-order chi connectivity index (χ1) is 13.1. The van der Waals surface area contributed by atoms with Crippen molar-refractivity contribution in [2.45, 2.75) is 39.0 Å². The van der Waals surface area contributed by atoms with Gasteiger partial charge in [-0.3, -0.25) is 9.69 Å². The van der Waals surface area contributed by atoms with Gasteiger partial charge in [-0.15, -0.1) is 0 Å². The molecule has 144 valence electrons. The standard InChI is InChI=1S/C21H25FN2O3/c22-19-5-2-1-4-16(19)12-24-10-3-8-21(20(24)26)9-11-23(15-21)13-17-6-7-18(14-25)27-17/h1-2,4-7,25H,3,8-15H2. The van der Waals surface area contributed by atoms with E-state index in [0.29, 0.717) is 37.5 Å². The minimum absolute atomic E-state index is 0.104. The summed E-state index contributed by atoms with van der Waals surface area (Å²) in [4.78, 5) is 17.3. The van der Waals surface area contributed by atoms with Crippen molar-refractivity contribution in [2.75, 3.05) is 19.6 Å². The molecule has 2 aliphatic rings. The molecule has 6 heteroatoms. The molecule has 1 amide bonds. The minimum atomic E-state index is -0.365. The molecule has 27 heavy (non-hydrogen) atoms. The van der Waals surface area contributed by atoms with E-state index in [1.807, 2.05) is 17.0 Å². The number of halogens is 1. The third-order valence-electron chi connectivity index (χ3n) is 5.83. The fraction of sp³-hybridized carbons (Fsp3) is 0.476. The summed E-state index contributed by atoms with van der Waals surface area (Å²) in [7, 11) is 0. The number of likely N-dealkylation sites (tertiary alicyclic amines) is 2. The Morgan fingerprint density at radius 2 is 1.89 bits per heavy atom. The lowest BCUT2D eigenvalue weighted by Gasteiger charge is -2.39. The van der Waals surface area contributed by atoms with Gasteiger partial charge in [0, 0.05) is 25.2 Å². The first kappa shape index (κ1) is 18.2. The predicted octanol–water partition coefficient (Wildman–Crippen LogP) is 2.93. The van der Waals surface area contributed by atoms with Gasteiger partial charge in [0.15, 0.2) is 0 Å². The second-order valence-corrected chi connectivity index (χ2v) is 7.69. The Balaban J connectivity index is 1.43. The molecular formula is C21H25FN2O3. The molecule has 5 nitrogen and oxygen atoms in total. The summed E-state index contributed by atoms with van der Waals surface area (Å²) in [6, 6.07) is 10.3. The number of carbonyl (C=O) groups is 1. The maximum atomic E-state index is 14.0. The van der Waals surface area contributed by atoms with E-state index in [1.165, 1.54) is 6.07 Å². The van der Waals surface area contributed by atoms with Crippen molar-refractivity contribution in [3.63, 3.8) is 0 Å². The molecule has 1 aromatic heterocycles. The molecule has 2 saturated heterocycles. The van der Waals surface area contributed by atoms with Crippen molar-refractivity contribution in [3.8, 4) is 0 Å². The molecule has 4 rings (SSSR count). The van der Waals surface area contributed by atoms with Gasteiger partial charge in [0.1, 0.15) is 23.9 Å². The van der Waals surface area contributed by atoms with Crippen molar-refractivity contribution >= 4 is 5.91 Å². The van der Waals surface area contributed by atoms with Gasteiger partial charge in [-0.1, -0.05) is 18.2 Å². The molecule has 0 radical (unpaired) electrons. The van der Waals surface area contributed by atoms with Crippen LogP contribution in [0, 0.1) is 11.2 Å². The van der Waals surface area contributed by atoms with Crippen LogP contribution in [0.4, 0.5) is 4.39 Å². The molecule has 2 aromatic rings. The van der Waals surface area contributed by atoms with Gasteiger partial charge in [0.25, 0.3) is 0 Å². The smallest absolute Gasteiger partial charge is 0.230 e. The highest BCUT2D eigenvalue weighted by Crippen LogP contribution is 2.41. The number of hydrogen-bond donors (Lipinski definition) is 1. The maximum absolute atomic E-state index is 14.0. The van der Waals surface area contributed by atoms with Crippen LogP contribution >= 0.6 is 0 Å². The lowest BCUT2D eigenvalue weighted by atomic mass is 9.78.